The van der Waals surface area contributed by atoms with E-state index < -0.39 is 21.7 Å². The number of aryl methyl sites for hydroxylation is 1. The number of carboxylic acid groups (broad SMARTS) is 1. The lowest BCUT2D eigenvalue weighted by Crippen LogP contribution is -2.55. The first-order valence-corrected chi connectivity index (χ1v) is 13.9. The number of fused-ring (bicyclic) bond motifs is 1. The van der Waals surface area contributed by atoms with Crippen LogP contribution in [0.3, 0.4) is 0 Å². The van der Waals surface area contributed by atoms with Crippen LogP contribution in [0.4, 0.5) is 10.5 Å². The second-order valence-corrected chi connectivity index (χ2v) is 12.0. The first-order valence-electron chi connectivity index (χ1n) is 12.0. The number of likely N-dealkylation sites (tertiary alicyclic amines) is 1. The molecule has 12 heteroatoms. The molecule has 1 aromatic carbocycles. The number of ether oxygens (including phenoxy) is 1. The van der Waals surface area contributed by atoms with Crippen molar-refractivity contribution >= 4 is 33.6 Å². The Kier molecular flexibility index (Phi) is 7.89. The minimum atomic E-state index is -3.45. The highest BCUT2D eigenvalue weighted by Crippen LogP contribution is 2.40. The lowest BCUT2D eigenvalue weighted by atomic mass is 9.97. The zero-order valence-corrected chi connectivity index (χ0v) is 22.5. The van der Waals surface area contributed by atoms with Crippen molar-refractivity contribution < 1.29 is 32.6 Å². The van der Waals surface area contributed by atoms with Gasteiger partial charge >= 0.3 is 6.09 Å². The van der Waals surface area contributed by atoms with Gasteiger partial charge in [0.25, 0.3) is 11.8 Å². The Morgan fingerprint density at radius 3 is 2.56 bits per heavy atom. The predicted octanol–water partition coefficient (Wildman–Crippen LogP) is 2.04. The topological polar surface area (TPSA) is 137 Å². The van der Waals surface area contributed by atoms with Gasteiger partial charge in [0, 0.05) is 37.8 Å². The number of rotatable bonds is 7. The van der Waals surface area contributed by atoms with Gasteiger partial charge in [-0.1, -0.05) is 0 Å². The summed E-state index contributed by atoms with van der Waals surface area (Å²) < 4.78 is 31.4. The molecular weight excluding hydrogens is 488 g/mol. The Labute approximate surface area is 212 Å². The second-order valence-electron chi connectivity index (χ2n) is 10.2. The summed E-state index contributed by atoms with van der Waals surface area (Å²) in [5, 5.41) is 9.45. The highest BCUT2D eigenvalue weighted by molar-refractivity contribution is 7.88. The van der Waals surface area contributed by atoms with Crippen LogP contribution >= 0.6 is 0 Å². The molecule has 2 N–H and O–H groups in total. The molecule has 200 valence electrons. The number of benzene rings is 1. The molecule has 2 heterocycles. The maximum atomic E-state index is 13.9. The molecule has 1 aromatic rings. The van der Waals surface area contributed by atoms with Crippen LogP contribution in [0.5, 0.6) is 5.75 Å². The molecule has 2 aliphatic heterocycles. The van der Waals surface area contributed by atoms with Gasteiger partial charge in [0.05, 0.1) is 18.0 Å². The predicted molar refractivity (Wildman–Crippen MR) is 135 cm³/mol. The van der Waals surface area contributed by atoms with E-state index >= 15 is 0 Å². The van der Waals surface area contributed by atoms with Crippen LogP contribution in [0.15, 0.2) is 12.1 Å². The Balaban J connectivity index is 1.98. The quantitative estimate of drug-likeness (QED) is 0.557. The Bertz CT molecular complexity index is 1150. The van der Waals surface area contributed by atoms with Crippen LogP contribution in [0.1, 0.15) is 56.5 Å². The number of carbonyl (C=O) groups excluding carboxylic acids is 2. The molecule has 36 heavy (non-hydrogen) atoms. The van der Waals surface area contributed by atoms with Crippen molar-refractivity contribution in [2.75, 3.05) is 37.3 Å². The van der Waals surface area contributed by atoms with E-state index in [0.29, 0.717) is 42.0 Å². The molecule has 1 saturated heterocycles. The number of amides is 3. The fraction of sp³-hybridized carbons (Fsp3) is 0.625. The summed E-state index contributed by atoms with van der Waals surface area (Å²) in [5.74, 6) is -0.175. The first-order chi connectivity index (χ1) is 16.6. The number of carbonyl (C=O) groups is 3. The standard InChI is InChI=1S/C24H36N4O7S/c1-15(2)28(17-8-7-10-26(14-17)23(31)32)21(29)18-13-19-20(12-16(18)3)35-24(4,5)22(30)27(19)11-9-25-36(6,33)34/h12-13,15,17,25H,7-11,14H2,1-6H3,(H,31,32)/t17-/m1/s1. The zero-order valence-electron chi connectivity index (χ0n) is 21.7. The summed E-state index contributed by atoms with van der Waals surface area (Å²) in [7, 11) is -3.45. The molecule has 0 saturated carbocycles. The average molecular weight is 525 g/mol. The number of sulfonamides is 1. The first kappa shape index (κ1) is 27.7. The van der Waals surface area contributed by atoms with Gasteiger partial charge in [-0.2, -0.15) is 0 Å². The van der Waals surface area contributed by atoms with Crippen molar-refractivity contribution in [3.05, 3.63) is 23.3 Å². The maximum absolute atomic E-state index is 13.9. The fourth-order valence-corrected chi connectivity index (χ4v) is 5.29. The average Bonchev–Trinajstić information content (AvgIpc) is 2.75. The Morgan fingerprint density at radius 2 is 1.97 bits per heavy atom. The van der Waals surface area contributed by atoms with Gasteiger partial charge in [-0.15, -0.1) is 0 Å². The highest BCUT2D eigenvalue weighted by atomic mass is 32.2. The van der Waals surface area contributed by atoms with Crippen molar-refractivity contribution in [3.8, 4) is 5.75 Å². The van der Waals surface area contributed by atoms with Crippen molar-refractivity contribution in [3.63, 3.8) is 0 Å². The van der Waals surface area contributed by atoms with Crippen LogP contribution in [0.25, 0.3) is 0 Å². The largest absolute Gasteiger partial charge is 0.476 e. The van der Waals surface area contributed by atoms with Gasteiger partial charge in [-0.25, -0.2) is 17.9 Å². The van der Waals surface area contributed by atoms with Crippen molar-refractivity contribution in [1.82, 2.24) is 14.5 Å². The van der Waals surface area contributed by atoms with Crippen LogP contribution < -0.4 is 14.4 Å². The van der Waals surface area contributed by atoms with Gasteiger partial charge in [-0.3, -0.25) is 9.59 Å². The van der Waals surface area contributed by atoms with Gasteiger partial charge in [0.1, 0.15) is 5.75 Å². The minimum absolute atomic E-state index is 0.00245. The van der Waals surface area contributed by atoms with Crippen LogP contribution in [-0.2, 0) is 14.8 Å². The SMILES string of the molecule is Cc1cc2c(cc1C(=O)N(C(C)C)[C@@H]1CCCN(C(=O)O)C1)N(CCNS(C)(=O)=O)C(=O)C(C)(C)O2. The lowest BCUT2D eigenvalue weighted by molar-refractivity contribution is -0.132. The zero-order chi connectivity index (χ0) is 27.0. The molecule has 0 aliphatic carbocycles. The molecule has 2 aliphatic rings. The second kappa shape index (κ2) is 10.3. The maximum Gasteiger partial charge on any atom is 0.407 e. The van der Waals surface area contributed by atoms with Crippen LogP contribution in [0.2, 0.25) is 0 Å². The molecule has 3 rings (SSSR count). The fourth-order valence-electron chi connectivity index (χ4n) is 4.83. The number of hydrogen-bond acceptors (Lipinski definition) is 6. The van der Waals surface area contributed by atoms with E-state index in [0.717, 1.165) is 6.26 Å². The van der Waals surface area contributed by atoms with E-state index in [1.165, 1.54) is 9.80 Å². The number of nitrogens with zero attached hydrogens (tertiary/aromatic N) is 3. The van der Waals surface area contributed by atoms with Crippen LogP contribution in [-0.4, -0.2) is 91.4 Å². The molecule has 1 fully saturated rings. The summed E-state index contributed by atoms with van der Waals surface area (Å²) in [6.07, 6.45) is 1.40. The van der Waals surface area contributed by atoms with E-state index in [2.05, 4.69) is 4.72 Å². The van der Waals surface area contributed by atoms with E-state index in [-0.39, 0.29) is 43.5 Å². The third-order valence-corrected chi connectivity index (χ3v) is 7.23. The summed E-state index contributed by atoms with van der Waals surface area (Å²) in [5.41, 5.74) is 0.271. The molecular formula is C24H36N4O7S. The normalized spacial score (nSPS) is 19.6. The van der Waals surface area contributed by atoms with Crippen molar-refractivity contribution in [1.29, 1.82) is 0 Å². The minimum Gasteiger partial charge on any atom is -0.476 e. The van der Waals surface area contributed by atoms with Crippen molar-refractivity contribution in [2.45, 2.75) is 65.1 Å². The number of hydrogen-bond donors (Lipinski definition) is 2. The molecule has 1 atom stereocenters. The van der Waals surface area contributed by atoms with Crippen molar-refractivity contribution in [2.24, 2.45) is 0 Å². The Hall–Kier alpha value is -2.86. The lowest BCUT2D eigenvalue weighted by Gasteiger charge is -2.41. The molecule has 11 nitrogen and oxygen atoms in total. The molecule has 0 unspecified atom stereocenters. The van der Waals surface area contributed by atoms with Crippen LogP contribution in [0, 0.1) is 6.92 Å². The molecule has 0 bridgehead atoms. The summed E-state index contributed by atoms with van der Waals surface area (Å²) >= 11 is 0. The number of anilines is 1. The third kappa shape index (κ3) is 5.92. The number of piperidine rings is 1. The summed E-state index contributed by atoms with van der Waals surface area (Å²) in [6.45, 7) is 9.60. The number of nitrogens with one attached hydrogen (secondary N) is 1. The van der Waals surface area contributed by atoms with Gasteiger partial charge < -0.3 is 24.5 Å². The highest BCUT2D eigenvalue weighted by Gasteiger charge is 2.42. The van der Waals surface area contributed by atoms with Gasteiger partial charge in [-0.05, 0) is 65.2 Å². The monoisotopic (exact) mass is 524 g/mol. The summed E-state index contributed by atoms with van der Waals surface area (Å²) in [6, 6.07) is 2.88. The molecule has 0 aromatic heterocycles. The smallest absolute Gasteiger partial charge is 0.407 e. The van der Waals surface area contributed by atoms with Gasteiger partial charge in [0.2, 0.25) is 10.0 Å². The van der Waals surface area contributed by atoms with Gasteiger partial charge in [0.15, 0.2) is 5.60 Å². The molecule has 0 spiro atoms. The van der Waals surface area contributed by atoms with E-state index in [1.807, 2.05) is 13.8 Å². The van der Waals surface area contributed by atoms with E-state index in [4.69, 9.17) is 4.74 Å². The summed E-state index contributed by atoms with van der Waals surface area (Å²) in [4.78, 5) is 43.1. The van der Waals surface area contributed by atoms with E-state index in [9.17, 15) is 27.9 Å². The molecule has 3 amide bonds. The Morgan fingerprint density at radius 1 is 1.31 bits per heavy atom. The van der Waals surface area contributed by atoms with E-state index in [1.54, 1.807) is 37.8 Å². The molecule has 0 radical (unpaired) electrons. The third-order valence-electron chi connectivity index (χ3n) is 6.50.